The van der Waals surface area contributed by atoms with Crippen molar-refractivity contribution in [1.82, 2.24) is 0 Å². The van der Waals surface area contributed by atoms with E-state index in [0.717, 1.165) is 0 Å². The number of halogens is 1. The molecule has 0 N–H and O–H groups in total. The van der Waals surface area contributed by atoms with Crippen molar-refractivity contribution in [3.05, 3.63) is 28.6 Å². The van der Waals surface area contributed by atoms with Gasteiger partial charge in [0.05, 0.1) is 4.92 Å². The molecule has 0 atom stereocenters. The van der Waals surface area contributed by atoms with Crippen molar-refractivity contribution in [2.45, 2.75) is 0 Å². The maximum absolute atomic E-state index is 10.6. The van der Waals surface area contributed by atoms with Gasteiger partial charge in [0.25, 0.3) is 0 Å². The lowest BCUT2D eigenvalue weighted by molar-refractivity contribution is -0.674. The van der Waals surface area contributed by atoms with E-state index in [0.29, 0.717) is 5.69 Å². The predicted molar refractivity (Wildman–Crippen MR) is 48.6 cm³/mol. The topological polar surface area (TPSA) is 50.3 Å². The summed E-state index contributed by atoms with van der Waals surface area (Å²) in [6, 6.07) is 1.72. The number of rotatable bonds is 2. The highest BCUT2D eigenvalue weighted by Gasteiger charge is 2.19. The van der Waals surface area contributed by atoms with Crippen LogP contribution in [-0.4, -0.2) is 19.0 Å². The van der Waals surface area contributed by atoms with Crippen molar-refractivity contribution in [3.63, 3.8) is 0 Å². The third-order valence-electron chi connectivity index (χ3n) is 1.73. The second-order valence-electron chi connectivity index (χ2n) is 3.03. The monoisotopic (exact) mass is 309 g/mol. The van der Waals surface area contributed by atoms with Gasteiger partial charge in [-0.3, -0.25) is 10.1 Å². The van der Waals surface area contributed by atoms with Crippen molar-refractivity contribution in [1.29, 1.82) is 0 Å². The molecule has 1 aromatic rings. The number of hydrogen-bond donors (Lipinski definition) is 0. The first-order valence-electron chi connectivity index (χ1n) is 3.83. The van der Waals surface area contributed by atoms with Crippen LogP contribution in [0.5, 0.6) is 0 Å². The van der Waals surface area contributed by atoms with Gasteiger partial charge in [-0.25, -0.2) is 4.57 Å². The van der Waals surface area contributed by atoms with E-state index in [4.69, 9.17) is 0 Å². The summed E-state index contributed by atoms with van der Waals surface area (Å²) < 4.78 is 1.66. The molecule has 0 saturated heterocycles. The third kappa shape index (κ3) is 2.79. The number of pyridine rings is 1. The number of hydrogen-bond acceptors (Lipinski definition) is 3. The number of nitrogens with zero attached hydrogens (tertiary/aromatic N) is 3. The van der Waals surface area contributed by atoms with Gasteiger partial charge in [-0.15, -0.1) is 0 Å². The van der Waals surface area contributed by atoms with Gasteiger partial charge in [0, 0.05) is 20.2 Å². The van der Waals surface area contributed by atoms with Crippen LogP contribution in [0.15, 0.2) is 18.5 Å². The van der Waals surface area contributed by atoms with Gasteiger partial charge >= 0.3 is 5.69 Å². The molecule has 1 aromatic heterocycles. The van der Waals surface area contributed by atoms with Crippen molar-refractivity contribution in [3.8, 4) is 0 Å². The predicted octanol–water partition coefficient (Wildman–Crippen LogP) is -2.51. The van der Waals surface area contributed by atoms with E-state index in [2.05, 4.69) is 0 Å². The fraction of sp³-hybridized carbons (Fsp3) is 0.375. The largest absolute Gasteiger partial charge is 1.00 e. The fourth-order valence-electron chi connectivity index (χ4n) is 1.09. The first-order valence-corrected chi connectivity index (χ1v) is 3.83. The maximum Gasteiger partial charge on any atom is 0.355 e. The Kier molecular flexibility index (Phi) is 4.75. The molecule has 1 rings (SSSR count). The van der Waals surface area contributed by atoms with E-state index in [1.54, 1.807) is 42.9 Å². The molecule has 0 aromatic carbocycles. The van der Waals surface area contributed by atoms with Crippen molar-refractivity contribution in [2.24, 2.45) is 7.05 Å². The molecule has 0 bridgehead atoms. The van der Waals surface area contributed by atoms with Gasteiger partial charge in [0.1, 0.15) is 12.7 Å². The minimum Gasteiger partial charge on any atom is -1.00 e. The van der Waals surface area contributed by atoms with Crippen LogP contribution >= 0.6 is 0 Å². The van der Waals surface area contributed by atoms with Crippen LogP contribution in [0, 0.1) is 10.1 Å². The molecule has 0 spiro atoms. The Balaban J connectivity index is 0.00000169. The molecule has 0 radical (unpaired) electrons. The zero-order valence-corrected chi connectivity index (χ0v) is 10.4. The van der Waals surface area contributed by atoms with Gasteiger partial charge in [-0.05, 0) is 0 Å². The molecule has 0 aliphatic rings. The molecule has 5 nitrogen and oxygen atoms in total. The zero-order valence-electron chi connectivity index (χ0n) is 8.27. The van der Waals surface area contributed by atoms with Crippen LogP contribution in [0.1, 0.15) is 0 Å². The van der Waals surface area contributed by atoms with Crippen LogP contribution in [0.3, 0.4) is 0 Å². The van der Waals surface area contributed by atoms with E-state index < -0.39 is 0 Å². The van der Waals surface area contributed by atoms with E-state index in [9.17, 15) is 10.1 Å². The van der Waals surface area contributed by atoms with Crippen LogP contribution < -0.4 is 33.4 Å². The Labute approximate surface area is 99.5 Å². The summed E-state index contributed by atoms with van der Waals surface area (Å²) in [6.45, 7) is 0. The Bertz CT molecular complexity index is 341. The second kappa shape index (κ2) is 5.08. The number of aromatic nitrogens is 1. The lowest BCUT2D eigenvalue weighted by Crippen LogP contribution is -3.00. The average Bonchev–Trinajstić information content (AvgIpc) is 2.03. The quantitative estimate of drug-likeness (QED) is 0.262. The molecule has 6 heteroatoms. The summed E-state index contributed by atoms with van der Waals surface area (Å²) in [5, 5.41) is 10.6. The first kappa shape index (κ1) is 13.1. The number of nitro groups is 1. The summed E-state index contributed by atoms with van der Waals surface area (Å²) in [5.41, 5.74) is 0.734. The van der Waals surface area contributed by atoms with Crippen LogP contribution in [0.4, 0.5) is 11.4 Å². The molecule has 0 aliphatic heterocycles. The summed E-state index contributed by atoms with van der Waals surface area (Å²) in [5.74, 6) is 0. The van der Waals surface area contributed by atoms with Crippen molar-refractivity contribution in [2.75, 3.05) is 19.0 Å². The Morgan fingerprint density at radius 2 is 2.07 bits per heavy atom. The highest BCUT2D eigenvalue weighted by atomic mass is 127. The lowest BCUT2D eigenvalue weighted by atomic mass is 10.3. The molecule has 0 unspecified atom stereocenters. The molecule has 0 saturated carbocycles. The molecular formula is C8H12IN3O2. The van der Waals surface area contributed by atoms with Crippen LogP contribution in [0.2, 0.25) is 0 Å². The standard InChI is InChI=1S/C8H12N3O2.HI/c1-9(2)7-4-5-10(3)6-8(7)11(12)13;/h4-6H,1-3H3;1H/q+1;/p-1. The highest BCUT2D eigenvalue weighted by Crippen LogP contribution is 2.23. The van der Waals surface area contributed by atoms with Gasteiger partial charge in [-0.1, -0.05) is 0 Å². The van der Waals surface area contributed by atoms with Gasteiger partial charge in [-0.2, -0.15) is 0 Å². The third-order valence-corrected chi connectivity index (χ3v) is 1.73. The summed E-state index contributed by atoms with van der Waals surface area (Å²) in [7, 11) is 5.32. The van der Waals surface area contributed by atoms with Gasteiger partial charge < -0.3 is 28.9 Å². The second-order valence-corrected chi connectivity index (χ2v) is 3.03. The van der Waals surface area contributed by atoms with Gasteiger partial charge in [0.2, 0.25) is 6.20 Å². The zero-order chi connectivity index (χ0) is 10.0. The van der Waals surface area contributed by atoms with E-state index in [1.165, 1.54) is 6.20 Å². The van der Waals surface area contributed by atoms with E-state index in [1.807, 2.05) is 0 Å². The Hall–Kier alpha value is -0.920. The summed E-state index contributed by atoms with van der Waals surface area (Å²) in [6.07, 6.45) is 3.28. The van der Waals surface area contributed by atoms with Crippen LogP contribution in [-0.2, 0) is 7.05 Å². The van der Waals surface area contributed by atoms with Crippen molar-refractivity contribution >= 4 is 11.4 Å². The SMILES string of the molecule is CN(C)c1cc[n+](C)cc1[N+](=O)[O-].[I-]. The average molecular weight is 309 g/mol. The number of anilines is 1. The Morgan fingerprint density at radius 3 is 2.50 bits per heavy atom. The molecule has 0 amide bonds. The van der Waals surface area contributed by atoms with E-state index in [-0.39, 0.29) is 34.6 Å². The van der Waals surface area contributed by atoms with Crippen LogP contribution in [0.25, 0.3) is 0 Å². The van der Waals surface area contributed by atoms with Crippen molar-refractivity contribution < 1.29 is 33.5 Å². The minimum absolute atomic E-state index is 0. The summed E-state index contributed by atoms with van der Waals surface area (Å²) >= 11 is 0. The molecule has 78 valence electrons. The normalized spacial score (nSPS) is 9.07. The van der Waals surface area contributed by atoms with Gasteiger partial charge in [0.15, 0.2) is 6.20 Å². The maximum atomic E-state index is 10.6. The molecule has 1 heterocycles. The molecule has 0 fully saturated rings. The van der Waals surface area contributed by atoms with E-state index >= 15 is 0 Å². The highest BCUT2D eigenvalue weighted by molar-refractivity contribution is 5.59. The molecule has 14 heavy (non-hydrogen) atoms. The fourth-order valence-corrected chi connectivity index (χ4v) is 1.09. The smallest absolute Gasteiger partial charge is 0.355 e. The first-order chi connectivity index (χ1) is 6.02. The minimum atomic E-state index is -0.380. The Morgan fingerprint density at radius 1 is 1.50 bits per heavy atom. The lowest BCUT2D eigenvalue weighted by Gasteiger charge is -2.10. The molecule has 0 aliphatic carbocycles. The number of aryl methyl sites for hydroxylation is 1. The molecular weight excluding hydrogens is 297 g/mol. The summed E-state index contributed by atoms with van der Waals surface area (Å²) in [4.78, 5) is 12.0.